The molecule has 3 rings (SSSR count). The quantitative estimate of drug-likeness (QED) is 0.436. The van der Waals surface area contributed by atoms with Gasteiger partial charge in [-0.2, -0.15) is 0 Å². The van der Waals surface area contributed by atoms with E-state index in [0.29, 0.717) is 18.4 Å². The molecule has 0 amide bonds. The van der Waals surface area contributed by atoms with Crippen molar-refractivity contribution in [1.82, 2.24) is 0 Å². The highest BCUT2D eigenvalue weighted by Gasteiger charge is 2.57. The number of hydrogen-bond acceptors (Lipinski definition) is 6. The molecule has 0 aromatic heterocycles. The van der Waals surface area contributed by atoms with E-state index in [0.717, 1.165) is 0 Å². The van der Waals surface area contributed by atoms with Crippen LogP contribution in [0.1, 0.15) is 35.7 Å². The highest BCUT2D eigenvalue weighted by molar-refractivity contribution is 6.06. The first kappa shape index (κ1) is 15.8. The SMILES string of the molecule is COc1cc(O)c2c(c1O)C/C(CO)=C\CC[C@@]1(C)O[C@@H]1C2=O. The molecule has 0 saturated carbocycles. The van der Waals surface area contributed by atoms with Gasteiger partial charge in [0, 0.05) is 18.1 Å². The molecule has 1 aromatic carbocycles. The zero-order valence-corrected chi connectivity index (χ0v) is 13.1. The van der Waals surface area contributed by atoms with E-state index >= 15 is 0 Å². The highest BCUT2D eigenvalue weighted by Crippen LogP contribution is 2.47. The normalized spacial score (nSPS) is 29.1. The predicted molar refractivity (Wildman–Crippen MR) is 82.0 cm³/mol. The molecule has 1 aliphatic carbocycles. The van der Waals surface area contributed by atoms with E-state index in [2.05, 4.69) is 0 Å². The first-order chi connectivity index (χ1) is 10.9. The number of aliphatic hydroxyl groups is 1. The lowest BCUT2D eigenvalue weighted by Gasteiger charge is -2.17. The van der Waals surface area contributed by atoms with E-state index in [1.165, 1.54) is 13.2 Å². The van der Waals surface area contributed by atoms with Crippen molar-refractivity contribution < 1.29 is 29.6 Å². The number of allylic oxidation sites excluding steroid dienone is 1. The average molecular weight is 320 g/mol. The zero-order chi connectivity index (χ0) is 16.8. The van der Waals surface area contributed by atoms with Gasteiger partial charge in [0.05, 0.1) is 19.3 Å². The maximum absolute atomic E-state index is 12.7. The van der Waals surface area contributed by atoms with Gasteiger partial charge in [0.1, 0.15) is 17.5 Å². The number of carbonyl (C=O) groups excluding carboxylic acids is 1. The number of hydrogen-bond donors (Lipinski definition) is 3. The van der Waals surface area contributed by atoms with E-state index in [-0.39, 0.29) is 47.2 Å². The predicted octanol–water partition coefficient (Wildman–Crippen LogP) is 1.70. The summed E-state index contributed by atoms with van der Waals surface area (Å²) in [6, 6.07) is 1.22. The number of Topliss-reactive ketones (excluding diaryl/α,β-unsaturated/α-hetero) is 1. The molecule has 0 spiro atoms. The maximum atomic E-state index is 12.7. The Morgan fingerprint density at radius 1 is 1.43 bits per heavy atom. The molecule has 2 aliphatic rings. The highest BCUT2D eigenvalue weighted by atomic mass is 16.6. The molecule has 6 nitrogen and oxygen atoms in total. The summed E-state index contributed by atoms with van der Waals surface area (Å²) in [5, 5.41) is 30.2. The second-order valence-electron chi connectivity index (χ2n) is 6.21. The van der Waals surface area contributed by atoms with Crippen molar-refractivity contribution in [3.63, 3.8) is 0 Å². The molecule has 0 bridgehead atoms. The van der Waals surface area contributed by atoms with Crippen LogP contribution in [0.3, 0.4) is 0 Å². The number of ether oxygens (including phenoxy) is 2. The monoisotopic (exact) mass is 320 g/mol. The topological polar surface area (TPSA) is 99.5 Å². The molecular weight excluding hydrogens is 300 g/mol. The molecule has 2 atom stereocenters. The number of phenols is 2. The Labute approximate surface area is 134 Å². The summed E-state index contributed by atoms with van der Waals surface area (Å²) < 4.78 is 10.6. The minimum absolute atomic E-state index is 0.0401. The molecule has 1 aromatic rings. The van der Waals surface area contributed by atoms with Crippen molar-refractivity contribution in [3.05, 3.63) is 28.8 Å². The summed E-state index contributed by atoms with van der Waals surface area (Å²) in [6.45, 7) is 1.66. The third-order valence-corrected chi connectivity index (χ3v) is 4.61. The molecule has 124 valence electrons. The first-order valence-electron chi connectivity index (χ1n) is 7.54. The lowest BCUT2D eigenvalue weighted by molar-refractivity contribution is 0.0949. The lowest BCUT2D eigenvalue weighted by atomic mass is 9.88. The van der Waals surface area contributed by atoms with Crippen LogP contribution in [0.15, 0.2) is 17.7 Å². The second kappa shape index (κ2) is 5.54. The second-order valence-corrected chi connectivity index (χ2v) is 6.21. The number of benzene rings is 1. The van der Waals surface area contributed by atoms with E-state index < -0.39 is 11.7 Å². The van der Waals surface area contributed by atoms with Crippen LogP contribution >= 0.6 is 0 Å². The van der Waals surface area contributed by atoms with Gasteiger partial charge < -0.3 is 24.8 Å². The third-order valence-electron chi connectivity index (χ3n) is 4.61. The van der Waals surface area contributed by atoms with Crippen LogP contribution in [0.2, 0.25) is 0 Å². The standard InChI is InChI=1S/C17H20O6/c1-17-5-3-4-9(8-18)6-10-13(15(21)16(17)23-17)11(19)7-12(22-2)14(10)20/h4,7,16,18-20H,3,5-6,8H2,1-2H3/b9-4+/t16-,17-/m1/s1. The van der Waals surface area contributed by atoms with Crippen molar-refractivity contribution in [1.29, 1.82) is 0 Å². The van der Waals surface area contributed by atoms with E-state index in [1.54, 1.807) is 0 Å². The molecule has 6 heteroatoms. The summed E-state index contributed by atoms with van der Waals surface area (Å²) in [7, 11) is 1.37. The fourth-order valence-corrected chi connectivity index (χ4v) is 3.16. The number of aliphatic hydroxyl groups excluding tert-OH is 1. The number of phenolic OH excluding ortho intramolecular Hbond substituents is 2. The largest absolute Gasteiger partial charge is 0.507 e. The van der Waals surface area contributed by atoms with Crippen molar-refractivity contribution in [2.24, 2.45) is 0 Å². The number of fused-ring (bicyclic) bond motifs is 2. The van der Waals surface area contributed by atoms with Gasteiger partial charge in [-0.25, -0.2) is 0 Å². The van der Waals surface area contributed by atoms with Gasteiger partial charge in [0.15, 0.2) is 17.3 Å². The average Bonchev–Trinajstić information content (AvgIpc) is 3.20. The number of ketones is 1. The first-order valence-corrected chi connectivity index (χ1v) is 7.54. The summed E-state index contributed by atoms with van der Waals surface area (Å²) >= 11 is 0. The molecule has 0 unspecified atom stereocenters. The van der Waals surface area contributed by atoms with Gasteiger partial charge in [-0.1, -0.05) is 6.08 Å². The van der Waals surface area contributed by atoms with Crippen LogP contribution in [0.4, 0.5) is 0 Å². The molecule has 1 aliphatic heterocycles. The molecular formula is C17H20O6. The molecule has 3 N–H and O–H groups in total. The third kappa shape index (κ3) is 2.58. The van der Waals surface area contributed by atoms with Crippen LogP contribution in [0.25, 0.3) is 0 Å². The lowest BCUT2D eigenvalue weighted by Crippen LogP contribution is -2.20. The van der Waals surface area contributed by atoms with Crippen molar-refractivity contribution in [2.75, 3.05) is 13.7 Å². The Bertz CT molecular complexity index is 693. The number of rotatable bonds is 2. The van der Waals surface area contributed by atoms with Gasteiger partial charge in [-0.3, -0.25) is 4.79 Å². The minimum Gasteiger partial charge on any atom is -0.507 e. The summed E-state index contributed by atoms with van der Waals surface area (Å²) in [5.41, 5.74) is 0.403. The fourth-order valence-electron chi connectivity index (χ4n) is 3.16. The van der Waals surface area contributed by atoms with Crippen LogP contribution in [0.5, 0.6) is 17.2 Å². The van der Waals surface area contributed by atoms with Crippen molar-refractivity contribution in [3.8, 4) is 17.2 Å². The van der Waals surface area contributed by atoms with Gasteiger partial charge in [0.25, 0.3) is 0 Å². The van der Waals surface area contributed by atoms with Crippen LogP contribution in [0, 0.1) is 0 Å². The molecule has 1 heterocycles. The maximum Gasteiger partial charge on any atom is 0.198 e. The number of carbonyl (C=O) groups is 1. The summed E-state index contributed by atoms with van der Waals surface area (Å²) in [6.07, 6.45) is 2.76. The number of aromatic hydroxyl groups is 2. The van der Waals surface area contributed by atoms with Crippen LogP contribution in [-0.2, 0) is 11.2 Å². The zero-order valence-electron chi connectivity index (χ0n) is 13.1. The minimum atomic E-state index is -0.621. The van der Waals surface area contributed by atoms with E-state index in [9.17, 15) is 20.1 Å². The Morgan fingerprint density at radius 3 is 2.83 bits per heavy atom. The Hall–Kier alpha value is -2.05. The molecule has 0 radical (unpaired) electrons. The molecule has 1 fully saturated rings. The van der Waals surface area contributed by atoms with E-state index in [4.69, 9.17) is 9.47 Å². The number of methoxy groups -OCH3 is 1. The summed E-state index contributed by atoms with van der Waals surface area (Å²) in [5.74, 6) is -0.716. The Kier molecular flexibility index (Phi) is 3.82. The van der Waals surface area contributed by atoms with E-state index in [1.807, 2.05) is 13.0 Å². The van der Waals surface area contributed by atoms with Crippen molar-refractivity contribution in [2.45, 2.75) is 37.9 Å². The number of epoxide rings is 1. The van der Waals surface area contributed by atoms with Crippen LogP contribution < -0.4 is 4.74 Å². The van der Waals surface area contributed by atoms with Gasteiger partial charge >= 0.3 is 0 Å². The van der Waals surface area contributed by atoms with Crippen molar-refractivity contribution >= 4 is 5.78 Å². The fraction of sp³-hybridized carbons (Fsp3) is 0.471. The van der Waals surface area contributed by atoms with Gasteiger partial charge in [0.2, 0.25) is 0 Å². The Morgan fingerprint density at radius 2 is 2.17 bits per heavy atom. The molecule has 1 saturated heterocycles. The van der Waals surface area contributed by atoms with Gasteiger partial charge in [-0.05, 0) is 25.3 Å². The van der Waals surface area contributed by atoms with Crippen LogP contribution in [-0.4, -0.2) is 46.5 Å². The Balaban J connectivity index is 2.18. The summed E-state index contributed by atoms with van der Waals surface area (Å²) in [4.78, 5) is 12.7. The smallest absolute Gasteiger partial charge is 0.198 e. The molecule has 23 heavy (non-hydrogen) atoms. The van der Waals surface area contributed by atoms with Gasteiger partial charge in [-0.15, -0.1) is 0 Å².